The molecule has 7 aliphatic rings. The number of amides is 2. The predicted molar refractivity (Wildman–Crippen MR) is 196 cm³/mol. The summed E-state index contributed by atoms with van der Waals surface area (Å²) in [6.45, 7) is 31.4. The van der Waals surface area contributed by atoms with Gasteiger partial charge < -0.3 is 15.1 Å². The van der Waals surface area contributed by atoms with Crippen molar-refractivity contribution in [3.63, 3.8) is 0 Å². The van der Waals surface area contributed by atoms with Crippen molar-refractivity contribution >= 4 is 11.8 Å². The number of carbonyl (C=O) groups is 2. The van der Waals surface area contributed by atoms with Crippen LogP contribution in [0.15, 0.2) is 12.2 Å². The molecule has 6 saturated carbocycles. The highest BCUT2D eigenvalue weighted by Gasteiger charge is 2.71. The molecule has 0 radical (unpaired) electrons. The molecule has 0 bridgehead atoms. The largest absolute Gasteiger partial charge is 0.352 e. The van der Waals surface area contributed by atoms with E-state index in [0.717, 1.165) is 70.2 Å². The summed E-state index contributed by atoms with van der Waals surface area (Å²) >= 11 is 0. The molecule has 48 heavy (non-hydrogen) atoms. The molecule has 0 aromatic rings. The van der Waals surface area contributed by atoms with Crippen molar-refractivity contribution in [3.05, 3.63) is 12.2 Å². The van der Waals surface area contributed by atoms with E-state index < -0.39 is 0 Å². The molecule has 0 aromatic carbocycles. The highest BCUT2D eigenvalue weighted by atomic mass is 16.2. The normalized spacial score (nSPS) is 47.9. The van der Waals surface area contributed by atoms with Crippen LogP contribution in [0.5, 0.6) is 0 Å². The molecule has 270 valence electrons. The zero-order valence-electron chi connectivity index (χ0n) is 32.5. The number of likely N-dealkylation sites (N-methyl/N-ethyl adjacent to an activating group) is 1. The molecule has 0 aromatic heterocycles. The van der Waals surface area contributed by atoms with Crippen LogP contribution < -0.4 is 5.32 Å². The molecular formula is C43H71N3O2. The SMILES string of the molecule is C=C(C)[C@@H]1CC[C@]2(C(=O)N[C@@H]3C[C@H](C(=O)N4CCN(CC)CC4)C3(C)C)CC[C@]3(C)[C@H](CC[C@@H]4[C@]5(C)CCCC(C)(C)[C@H]5CC[C@]43C)[C@@H]12. The Morgan fingerprint density at radius 1 is 0.792 bits per heavy atom. The molecule has 7 fully saturated rings. The smallest absolute Gasteiger partial charge is 0.226 e. The molecule has 0 unspecified atom stereocenters. The van der Waals surface area contributed by atoms with Gasteiger partial charge in [0.1, 0.15) is 0 Å². The van der Waals surface area contributed by atoms with Gasteiger partial charge in [-0.25, -0.2) is 0 Å². The Labute approximate surface area is 294 Å². The number of rotatable bonds is 5. The lowest BCUT2D eigenvalue weighted by molar-refractivity contribution is -0.235. The minimum atomic E-state index is -0.299. The number of hydrogen-bond acceptors (Lipinski definition) is 3. The second-order valence-electron chi connectivity index (χ2n) is 20.6. The maximum Gasteiger partial charge on any atom is 0.226 e. The first kappa shape index (κ1) is 35.1. The zero-order chi connectivity index (χ0) is 34.7. The second-order valence-corrected chi connectivity index (χ2v) is 20.6. The van der Waals surface area contributed by atoms with Crippen molar-refractivity contribution in [1.82, 2.24) is 15.1 Å². The number of allylic oxidation sites excluding steroid dienone is 1. The summed E-state index contributed by atoms with van der Waals surface area (Å²) in [5.41, 5.74) is 2.25. The van der Waals surface area contributed by atoms with Crippen LogP contribution in [-0.2, 0) is 9.59 Å². The van der Waals surface area contributed by atoms with Gasteiger partial charge in [-0.1, -0.05) is 74.0 Å². The van der Waals surface area contributed by atoms with Crippen molar-refractivity contribution < 1.29 is 9.59 Å². The highest BCUT2D eigenvalue weighted by molar-refractivity contribution is 5.86. The Balaban J connectivity index is 1.12. The first-order valence-electron chi connectivity index (χ1n) is 20.4. The first-order valence-corrected chi connectivity index (χ1v) is 20.4. The molecule has 11 atom stereocenters. The number of fused-ring (bicyclic) bond motifs is 7. The number of hydrogen-bond donors (Lipinski definition) is 1. The van der Waals surface area contributed by atoms with E-state index in [4.69, 9.17) is 0 Å². The number of piperazine rings is 1. The van der Waals surface area contributed by atoms with Gasteiger partial charge in [-0.15, -0.1) is 0 Å². The molecule has 5 heteroatoms. The monoisotopic (exact) mass is 662 g/mol. The van der Waals surface area contributed by atoms with Gasteiger partial charge in [0.25, 0.3) is 0 Å². The predicted octanol–water partition coefficient (Wildman–Crippen LogP) is 8.73. The highest BCUT2D eigenvalue weighted by Crippen LogP contribution is 2.77. The van der Waals surface area contributed by atoms with E-state index in [1.54, 1.807) is 0 Å². The molecule has 1 aliphatic heterocycles. The molecule has 7 rings (SSSR count). The van der Waals surface area contributed by atoms with E-state index in [1.807, 2.05) is 0 Å². The summed E-state index contributed by atoms with van der Waals surface area (Å²) < 4.78 is 0. The summed E-state index contributed by atoms with van der Waals surface area (Å²) in [6.07, 6.45) is 14.6. The van der Waals surface area contributed by atoms with Gasteiger partial charge >= 0.3 is 0 Å². The molecule has 0 spiro atoms. The van der Waals surface area contributed by atoms with Gasteiger partial charge in [-0.2, -0.15) is 0 Å². The van der Waals surface area contributed by atoms with E-state index in [9.17, 15) is 9.59 Å². The fourth-order valence-corrected chi connectivity index (χ4v) is 15.0. The van der Waals surface area contributed by atoms with Gasteiger partial charge in [0.15, 0.2) is 0 Å². The molecular weight excluding hydrogens is 590 g/mol. The lowest BCUT2D eigenvalue weighted by Crippen LogP contribution is -2.68. The average Bonchev–Trinajstić information content (AvgIpc) is 3.44. The molecule has 1 saturated heterocycles. The third-order valence-electron chi connectivity index (χ3n) is 18.3. The van der Waals surface area contributed by atoms with Gasteiger partial charge in [0, 0.05) is 38.1 Å². The van der Waals surface area contributed by atoms with Crippen molar-refractivity contribution in [3.8, 4) is 0 Å². The minimum Gasteiger partial charge on any atom is -0.352 e. The van der Waals surface area contributed by atoms with Crippen LogP contribution in [0.4, 0.5) is 0 Å². The first-order chi connectivity index (χ1) is 22.5. The van der Waals surface area contributed by atoms with Crippen LogP contribution in [0.3, 0.4) is 0 Å². The van der Waals surface area contributed by atoms with Crippen LogP contribution >= 0.6 is 0 Å². The van der Waals surface area contributed by atoms with Gasteiger partial charge in [0.2, 0.25) is 11.8 Å². The van der Waals surface area contributed by atoms with Crippen molar-refractivity contribution in [2.45, 2.75) is 145 Å². The van der Waals surface area contributed by atoms with Crippen LogP contribution in [0.25, 0.3) is 0 Å². The van der Waals surface area contributed by atoms with E-state index in [2.05, 4.69) is 84.0 Å². The van der Waals surface area contributed by atoms with Crippen molar-refractivity contribution in [1.29, 1.82) is 0 Å². The molecule has 1 N–H and O–H groups in total. The van der Waals surface area contributed by atoms with E-state index in [0.29, 0.717) is 45.8 Å². The third kappa shape index (κ3) is 4.76. The number of nitrogens with zero attached hydrogens (tertiary/aromatic N) is 2. The number of carbonyl (C=O) groups excluding carboxylic acids is 2. The molecule has 2 amide bonds. The van der Waals surface area contributed by atoms with Gasteiger partial charge in [-0.05, 0) is 141 Å². The second kappa shape index (κ2) is 11.6. The summed E-state index contributed by atoms with van der Waals surface area (Å²) in [5.74, 6) is 3.64. The maximum atomic E-state index is 14.9. The quantitative estimate of drug-likeness (QED) is 0.300. The topological polar surface area (TPSA) is 52.7 Å². The van der Waals surface area contributed by atoms with Crippen molar-refractivity contribution in [2.75, 3.05) is 32.7 Å². The lowest BCUT2D eigenvalue weighted by atomic mass is 9.32. The van der Waals surface area contributed by atoms with E-state index in [1.165, 1.54) is 56.9 Å². The maximum absolute atomic E-state index is 14.9. The Morgan fingerprint density at radius 3 is 2.15 bits per heavy atom. The van der Waals surface area contributed by atoms with Crippen molar-refractivity contribution in [2.24, 2.45) is 68.0 Å². The summed E-state index contributed by atoms with van der Waals surface area (Å²) in [6, 6.07) is 0.0706. The summed E-state index contributed by atoms with van der Waals surface area (Å²) in [7, 11) is 0. The van der Waals surface area contributed by atoms with Gasteiger partial charge in [-0.3, -0.25) is 9.59 Å². The minimum absolute atomic E-state index is 0.00199. The van der Waals surface area contributed by atoms with Gasteiger partial charge in [0.05, 0.1) is 5.41 Å². The third-order valence-corrected chi connectivity index (χ3v) is 18.3. The molecule has 5 nitrogen and oxygen atoms in total. The Kier molecular flexibility index (Phi) is 8.45. The van der Waals surface area contributed by atoms with Crippen LogP contribution in [-0.4, -0.2) is 60.4 Å². The Bertz CT molecular complexity index is 1310. The summed E-state index contributed by atoms with van der Waals surface area (Å²) in [5, 5.41) is 3.68. The molecule has 1 heterocycles. The lowest BCUT2D eigenvalue weighted by Gasteiger charge is -2.72. The van der Waals surface area contributed by atoms with Crippen LogP contribution in [0.2, 0.25) is 0 Å². The average molecular weight is 662 g/mol. The fraction of sp³-hybridized carbons (Fsp3) is 0.907. The van der Waals surface area contributed by atoms with Crippen LogP contribution in [0.1, 0.15) is 139 Å². The summed E-state index contributed by atoms with van der Waals surface area (Å²) in [4.78, 5) is 33.1. The zero-order valence-corrected chi connectivity index (χ0v) is 32.5. The van der Waals surface area contributed by atoms with Crippen LogP contribution in [0, 0.1) is 68.0 Å². The van der Waals surface area contributed by atoms with E-state index in [-0.39, 0.29) is 28.2 Å². The fourth-order valence-electron chi connectivity index (χ4n) is 15.0. The Hall–Kier alpha value is -1.36. The Morgan fingerprint density at radius 2 is 1.50 bits per heavy atom. The standard InChI is InChI=1S/C43H71N3O2/c1-11-45-23-25-46(26-24-45)36(47)31-27-34(39(31,6)7)44-37(48)43-20-15-29(28(2)3)35(43)30-13-14-33-40(8)18-12-17-38(4,5)32(40)16-19-42(33,10)41(30,9)21-22-43/h29-35H,2,11-27H2,1,3-10H3,(H,44,48)/t29-,30+,31+,32+,33+,34+,35+,40+,41+,42+,43-/m0/s1. The molecule has 6 aliphatic carbocycles. The number of nitrogens with one attached hydrogen (secondary N) is 1. The van der Waals surface area contributed by atoms with E-state index >= 15 is 0 Å².